The highest BCUT2D eigenvalue weighted by Crippen LogP contribution is 2.30. The number of aromatic nitrogens is 1. The highest BCUT2D eigenvalue weighted by Gasteiger charge is 2.33. The van der Waals surface area contributed by atoms with Gasteiger partial charge in [0.1, 0.15) is 0 Å². The van der Waals surface area contributed by atoms with Gasteiger partial charge in [-0.15, -0.1) is 13.2 Å². The van der Waals surface area contributed by atoms with Crippen LogP contribution < -0.4 is 14.8 Å². The van der Waals surface area contributed by atoms with Crippen LogP contribution >= 0.6 is 0 Å². The molecule has 1 saturated heterocycles. The van der Waals surface area contributed by atoms with Crippen LogP contribution in [0.15, 0.2) is 18.3 Å². The van der Waals surface area contributed by atoms with Crippen molar-refractivity contribution in [2.45, 2.75) is 19.2 Å². The Labute approximate surface area is 108 Å². The number of rotatable bonds is 4. The number of ether oxygens (including phenoxy) is 2. The molecule has 1 fully saturated rings. The smallest absolute Gasteiger partial charge is 0.488 e. The summed E-state index contributed by atoms with van der Waals surface area (Å²) in [6, 6.07) is 2.93. The van der Waals surface area contributed by atoms with Gasteiger partial charge in [-0.05, 0) is 31.5 Å². The van der Waals surface area contributed by atoms with Crippen molar-refractivity contribution in [2.75, 3.05) is 19.7 Å². The fraction of sp³-hybridized carbons (Fsp3) is 0.583. The molecule has 0 aliphatic carbocycles. The summed E-state index contributed by atoms with van der Waals surface area (Å²) < 4.78 is 45.8. The van der Waals surface area contributed by atoms with E-state index in [1.807, 2.05) is 0 Å². The zero-order valence-corrected chi connectivity index (χ0v) is 10.2. The molecule has 1 N–H and O–H groups in total. The monoisotopic (exact) mass is 276 g/mol. The van der Waals surface area contributed by atoms with Crippen LogP contribution in [-0.2, 0) is 0 Å². The van der Waals surface area contributed by atoms with Gasteiger partial charge >= 0.3 is 6.36 Å². The van der Waals surface area contributed by atoms with E-state index in [9.17, 15) is 13.2 Å². The van der Waals surface area contributed by atoms with Crippen LogP contribution in [0.5, 0.6) is 11.6 Å². The molecule has 2 heterocycles. The molecule has 1 aromatic heterocycles. The van der Waals surface area contributed by atoms with Gasteiger partial charge in [0.25, 0.3) is 5.88 Å². The van der Waals surface area contributed by atoms with E-state index in [-0.39, 0.29) is 5.75 Å². The number of pyridine rings is 1. The first-order chi connectivity index (χ1) is 9.04. The molecule has 1 aliphatic rings. The van der Waals surface area contributed by atoms with E-state index in [4.69, 9.17) is 4.74 Å². The quantitative estimate of drug-likeness (QED) is 0.916. The van der Waals surface area contributed by atoms with Crippen molar-refractivity contribution in [3.05, 3.63) is 18.3 Å². The predicted octanol–water partition coefficient (Wildman–Crippen LogP) is 2.36. The van der Waals surface area contributed by atoms with Crippen LogP contribution in [0.2, 0.25) is 0 Å². The van der Waals surface area contributed by atoms with Gasteiger partial charge in [0.2, 0.25) is 0 Å². The van der Waals surface area contributed by atoms with Gasteiger partial charge in [-0.1, -0.05) is 0 Å². The standard InChI is InChI=1S/C12H15F3N2O2/c13-12(14,15)19-11-10(4-2-6-17-11)18-8-9-3-1-5-16-7-9/h2,4,6,9,16H,1,3,5,7-8H2. The summed E-state index contributed by atoms with van der Waals surface area (Å²) in [5.41, 5.74) is 0. The number of alkyl halides is 3. The second-order valence-electron chi connectivity index (χ2n) is 4.38. The molecule has 106 valence electrons. The predicted molar refractivity (Wildman–Crippen MR) is 62.0 cm³/mol. The van der Waals surface area contributed by atoms with Crippen molar-refractivity contribution < 1.29 is 22.6 Å². The molecule has 1 atom stereocenters. The van der Waals surface area contributed by atoms with Crippen LogP contribution in [0.4, 0.5) is 13.2 Å². The van der Waals surface area contributed by atoms with E-state index in [0.29, 0.717) is 12.5 Å². The minimum absolute atomic E-state index is 0.0189. The number of piperidine rings is 1. The number of hydrogen-bond donors (Lipinski definition) is 1. The number of nitrogens with one attached hydrogen (secondary N) is 1. The van der Waals surface area contributed by atoms with Gasteiger partial charge < -0.3 is 14.8 Å². The molecule has 0 amide bonds. The average molecular weight is 276 g/mol. The van der Waals surface area contributed by atoms with E-state index in [2.05, 4.69) is 15.0 Å². The largest absolute Gasteiger partial charge is 0.574 e. The first-order valence-corrected chi connectivity index (χ1v) is 6.09. The number of hydrogen-bond acceptors (Lipinski definition) is 4. The Morgan fingerprint density at radius 3 is 2.95 bits per heavy atom. The molecule has 4 nitrogen and oxygen atoms in total. The summed E-state index contributed by atoms with van der Waals surface area (Å²) in [5, 5.41) is 3.22. The Bertz CT molecular complexity index is 406. The van der Waals surface area contributed by atoms with E-state index in [1.165, 1.54) is 18.3 Å². The average Bonchev–Trinajstić information content (AvgIpc) is 2.37. The van der Waals surface area contributed by atoms with Crippen LogP contribution in [0.1, 0.15) is 12.8 Å². The van der Waals surface area contributed by atoms with Gasteiger partial charge in [-0.2, -0.15) is 0 Å². The van der Waals surface area contributed by atoms with Crippen LogP contribution in [-0.4, -0.2) is 31.0 Å². The van der Waals surface area contributed by atoms with Gasteiger partial charge in [0, 0.05) is 18.7 Å². The van der Waals surface area contributed by atoms with Gasteiger partial charge in [-0.25, -0.2) is 4.98 Å². The molecular weight excluding hydrogens is 261 g/mol. The second-order valence-corrected chi connectivity index (χ2v) is 4.38. The Morgan fingerprint density at radius 1 is 1.42 bits per heavy atom. The first kappa shape index (κ1) is 13.9. The first-order valence-electron chi connectivity index (χ1n) is 6.09. The maximum atomic E-state index is 12.2. The summed E-state index contributed by atoms with van der Waals surface area (Å²) >= 11 is 0. The summed E-state index contributed by atoms with van der Waals surface area (Å²) in [6.07, 6.45) is -1.48. The fourth-order valence-electron chi connectivity index (χ4n) is 1.95. The van der Waals surface area contributed by atoms with Crippen LogP contribution in [0, 0.1) is 5.92 Å². The lowest BCUT2D eigenvalue weighted by Gasteiger charge is -2.23. The summed E-state index contributed by atoms with van der Waals surface area (Å²) in [7, 11) is 0. The van der Waals surface area contributed by atoms with Crippen molar-refractivity contribution in [3.8, 4) is 11.6 Å². The third kappa shape index (κ3) is 4.59. The van der Waals surface area contributed by atoms with Crippen molar-refractivity contribution in [2.24, 2.45) is 5.92 Å². The van der Waals surface area contributed by atoms with Crippen molar-refractivity contribution in [1.82, 2.24) is 10.3 Å². The molecule has 1 unspecified atom stereocenters. The molecule has 19 heavy (non-hydrogen) atoms. The molecule has 1 aliphatic heterocycles. The summed E-state index contributed by atoms with van der Waals surface area (Å²) in [6.45, 7) is 2.15. The minimum Gasteiger partial charge on any atom is -0.488 e. The number of nitrogens with zero attached hydrogens (tertiary/aromatic N) is 1. The lowest BCUT2D eigenvalue weighted by molar-refractivity contribution is -0.276. The van der Waals surface area contributed by atoms with Crippen molar-refractivity contribution in [1.29, 1.82) is 0 Å². The molecular formula is C12H15F3N2O2. The van der Waals surface area contributed by atoms with Crippen molar-refractivity contribution in [3.63, 3.8) is 0 Å². The molecule has 1 aromatic rings. The lowest BCUT2D eigenvalue weighted by atomic mass is 10.0. The molecule has 7 heteroatoms. The zero-order chi connectivity index (χ0) is 13.7. The Hall–Kier alpha value is -1.50. The number of halogens is 3. The molecule has 0 saturated carbocycles. The van der Waals surface area contributed by atoms with Gasteiger partial charge in [0.05, 0.1) is 6.61 Å². The minimum atomic E-state index is -4.77. The highest BCUT2D eigenvalue weighted by molar-refractivity contribution is 5.32. The van der Waals surface area contributed by atoms with Gasteiger partial charge in [0.15, 0.2) is 5.75 Å². The maximum absolute atomic E-state index is 12.2. The van der Waals surface area contributed by atoms with E-state index in [1.54, 1.807) is 0 Å². The lowest BCUT2D eigenvalue weighted by Crippen LogP contribution is -2.33. The third-order valence-corrected chi connectivity index (χ3v) is 2.82. The molecule has 0 radical (unpaired) electrons. The molecule has 2 rings (SSSR count). The fourth-order valence-corrected chi connectivity index (χ4v) is 1.95. The second kappa shape index (κ2) is 6.10. The molecule has 0 spiro atoms. The van der Waals surface area contributed by atoms with Crippen molar-refractivity contribution >= 4 is 0 Å². The zero-order valence-electron chi connectivity index (χ0n) is 10.2. The Balaban J connectivity index is 1.95. The normalized spacial score (nSPS) is 20.1. The maximum Gasteiger partial charge on any atom is 0.574 e. The topological polar surface area (TPSA) is 43.4 Å². The SMILES string of the molecule is FC(F)(F)Oc1ncccc1OCC1CCCNC1. The van der Waals surface area contributed by atoms with Gasteiger partial charge in [-0.3, -0.25) is 0 Å². The Kier molecular flexibility index (Phi) is 4.47. The molecule has 0 bridgehead atoms. The van der Waals surface area contributed by atoms with E-state index >= 15 is 0 Å². The summed E-state index contributed by atoms with van der Waals surface area (Å²) in [5.74, 6) is -0.225. The Morgan fingerprint density at radius 2 is 2.26 bits per heavy atom. The highest BCUT2D eigenvalue weighted by atomic mass is 19.4. The van der Waals surface area contributed by atoms with E-state index < -0.39 is 12.2 Å². The third-order valence-electron chi connectivity index (χ3n) is 2.82. The van der Waals surface area contributed by atoms with Crippen LogP contribution in [0.3, 0.4) is 0 Å². The molecule has 0 aromatic carbocycles. The van der Waals surface area contributed by atoms with Crippen LogP contribution in [0.25, 0.3) is 0 Å². The van der Waals surface area contributed by atoms with E-state index in [0.717, 1.165) is 25.9 Å². The summed E-state index contributed by atoms with van der Waals surface area (Å²) in [4.78, 5) is 3.54.